The van der Waals surface area contributed by atoms with Crippen molar-refractivity contribution in [2.24, 2.45) is 0 Å². The number of benzene rings is 1. The molecule has 0 N–H and O–H groups in total. The van der Waals surface area contributed by atoms with Crippen LogP contribution in [0.3, 0.4) is 0 Å². The number of nitrogens with zero attached hydrogens (tertiary/aromatic N) is 4. The maximum Gasteiger partial charge on any atom is 0.387 e. The van der Waals surface area contributed by atoms with Crippen LogP contribution in [0.2, 0.25) is 5.15 Å². The van der Waals surface area contributed by atoms with E-state index < -0.39 is 6.61 Å². The van der Waals surface area contributed by atoms with Gasteiger partial charge in [0.05, 0.1) is 0 Å². The van der Waals surface area contributed by atoms with Crippen molar-refractivity contribution in [2.45, 2.75) is 16.0 Å². The van der Waals surface area contributed by atoms with Crippen molar-refractivity contribution in [3.63, 3.8) is 0 Å². The van der Waals surface area contributed by atoms with E-state index in [1.807, 2.05) is 6.07 Å². The average molecular weight is 387 g/mol. The van der Waals surface area contributed by atoms with E-state index in [1.165, 1.54) is 24.3 Å². The first-order chi connectivity index (χ1) is 11.6. The Morgan fingerprint density at radius 2 is 2.04 bits per heavy atom. The zero-order valence-corrected chi connectivity index (χ0v) is 13.8. The maximum absolute atomic E-state index is 12.1. The van der Waals surface area contributed by atoms with Gasteiger partial charge in [-0.1, -0.05) is 11.6 Å². The Morgan fingerprint density at radius 3 is 2.71 bits per heavy atom. The highest BCUT2D eigenvalue weighted by atomic mass is 35.5. The van der Waals surface area contributed by atoms with Crippen molar-refractivity contribution in [3.05, 3.63) is 35.0 Å². The lowest BCUT2D eigenvalue weighted by Gasteiger charge is -2.03. The number of hydrogen-bond donors (Lipinski definition) is 0. The Kier molecular flexibility index (Phi) is 4.94. The quantitative estimate of drug-likeness (QED) is 0.639. The van der Waals surface area contributed by atoms with Crippen LogP contribution in [-0.2, 0) is 0 Å². The lowest BCUT2D eigenvalue weighted by molar-refractivity contribution is -0.0498. The van der Waals surface area contributed by atoms with Crippen molar-refractivity contribution < 1.29 is 17.9 Å². The average Bonchev–Trinajstić information content (AvgIpc) is 3.15. The van der Waals surface area contributed by atoms with Crippen molar-refractivity contribution in [1.29, 1.82) is 5.26 Å². The Morgan fingerprint density at radius 1 is 1.29 bits per heavy atom. The van der Waals surface area contributed by atoms with Crippen molar-refractivity contribution >= 4 is 34.9 Å². The molecule has 3 rings (SSSR count). The molecule has 0 spiro atoms. The summed E-state index contributed by atoms with van der Waals surface area (Å²) < 4.78 is 38.4. The molecule has 0 radical (unpaired) electrons. The number of rotatable bonds is 5. The van der Waals surface area contributed by atoms with Crippen LogP contribution in [-0.4, -0.2) is 21.2 Å². The Balaban J connectivity index is 1.77. The summed E-state index contributed by atoms with van der Waals surface area (Å²) in [6.07, 6.45) is 0. The number of halogens is 3. The van der Waals surface area contributed by atoms with Gasteiger partial charge in [0.1, 0.15) is 21.6 Å². The predicted molar refractivity (Wildman–Crippen MR) is 82.3 cm³/mol. The van der Waals surface area contributed by atoms with Crippen LogP contribution in [0.25, 0.3) is 11.5 Å². The highest BCUT2D eigenvalue weighted by Gasteiger charge is 2.17. The zero-order valence-electron chi connectivity index (χ0n) is 11.4. The van der Waals surface area contributed by atoms with Crippen LogP contribution in [0.1, 0.15) is 5.56 Å². The molecule has 0 bridgehead atoms. The molecule has 122 valence electrons. The summed E-state index contributed by atoms with van der Waals surface area (Å²) in [5, 5.41) is 17.1. The maximum atomic E-state index is 12.1. The van der Waals surface area contributed by atoms with Crippen LogP contribution in [0.15, 0.2) is 38.1 Å². The standard InChI is InChI=1S/C13H5ClF2N4O2S2/c14-9-8(5-17)11(24-20-9)23-13-19-18-10(22-13)6-1-3-7(4-2-6)21-12(15)16/h1-4,12H. The number of aromatic nitrogens is 3. The molecule has 11 heteroatoms. The van der Waals surface area contributed by atoms with Crippen LogP contribution < -0.4 is 4.74 Å². The molecular weight excluding hydrogens is 382 g/mol. The van der Waals surface area contributed by atoms with Gasteiger partial charge in [0.25, 0.3) is 5.22 Å². The van der Waals surface area contributed by atoms with Crippen LogP contribution >= 0.6 is 34.9 Å². The minimum Gasteiger partial charge on any atom is -0.435 e. The second-order valence-corrected chi connectivity index (χ2v) is 6.48. The van der Waals surface area contributed by atoms with Gasteiger partial charge in [0.2, 0.25) is 5.89 Å². The third-order valence-corrected chi connectivity index (χ3v) is 4.86. The number of ether oxygens (including phenoxy) is 1. The van der Waals surface area contributed by atoms with E-state index in [-0.39, 0.29) is 27.6 Å². The molecule has 1 aromatic carbocycles. The van der Waals surface area contributed by atoms with Crippen LogP contribution in [0.4, 0.5) is 8.78 Å². The fourth-order valence-corrected chi connectivity index (χ4v) is 3.56. The molecule has 0 fully saturated rings. The molecule has 0 amide bonds. The van der Waals surface area contributed by atoms with Crippen molar-refractivity contribution in [1.82, 2.24) is 14.6 Å². The van der Waals surface area contributed by atoms with Crippen LogP contribution in [0, 0.1) is 11.3 Å². The van der Waals surface area contributed by atoms with E-state index in [1.54, 1.807) is 0 Å². The molecule has 2 aromatic heterocycles. The minimum atomic E-state index is -2.89. The summed E-state index contributed by atoms with van der Waals surface area (Å²) in [6.45, 7) is -2.89. The van der Waals surface area contributed by atoms with E-state index >= 15 is 0 Å². The highest BCUT2D eigenvalue weighted by Crippen LogP contribution is 2.36. The molecule has 0 aliphatic carbocycles. The Labute approximate surface area is 147 Å². The van der Waals surface area contributed by atoms with Gasteiger partial charge in [-0.2, -0.15) is 18.4 Å². The summed E-state index contributed by atoms with van der Waals surface area (Å²) in [4.78, 5) is 0. The van der Waals surface area contributed by atoms with Gasteiger partial charge in [0.15, 0.2) is 5.15 Å². The molecule has 0 saturated carbocycles. The molecule has 0 unspecified atom stereocenters. The monoisotopic (exact) mass is 386 g/mol. The zero-order chi connectivity index (χ0) is 17.1. The molecule has 0 aliphatic rings. The summed E-state index contributed by atoms with van der Waals surface area (Å²) in [5.74, 6) is 0.232. The molecule has 0 saturated heterocycles. The third kappa shape index (κ3) is 3.64. The summed E-state index contributed by atoms with van der Waals surface area (Å²) >= 11 is 7.92. The molecule has 2 heterocycles. The molecule has 0 atom stereocenters. The highest BCUT2D eigenvalue weighted by molar-refractivity contribution is 8.00. The minimum absolute atomic E-state index is 0.0285. The Hall–Kier alpha value is -2.22. The lowest BCUT2D eigenvalue weighted by atomic mass is 10.2. The van der Waals surface area contributed by atoms with E-state index in [0.717, 1.165) is 23.3 Å². The van der Waals surface area contributed by atoms with Crippen molar-refractivity contribution in [2.75, 3.05) is 0 Å². The largest absolute Gasteiger partial charge is 0.435 e. The first-order valence-corrected chi connectivity index (χ1v) is 8.15. The van der Waals surface area contributed by atoms with E-state index in [2.05, 4.69) is 19.3 Å². The smallest absolute Gasteiger partial charge is 0.387 e. The number of nitriles is 1. The fourth-order valence-electron chi connectivity index (χ4n) is 1.64. The second kappa shape index (κ2) is 7.12. The van der Waals surface area contributed by atoms with Gasteiger partial charge in [0, 0.05) is 5.56 Å². The van der Waals surface area contributed by atoms with Gasteiger partial charge in [-0.3, -0.25) is 0 Å². The molecule has 3 aromatic rings. The Bertz CT molecular complexity index is 892. The third-order valence-electron chi connectivity index (χ3n) is 2.64. The topological polar surface area (TPSA) is 84.8 Å². The number of hydrogen-bond acceptors (Lipinski definition) is 8. The predicted octanol–water partition coefficient (Wildman–Crippen LogP) is 4.47. The fraction of sp³-hybridized carbons (Fsp3) is 0.0769. The second-order valence-electron chi connectivity index (χ2n) is 4.13. The van der Waals surface area contributed by atoms with Gasteiger partial charge >= 0.3 is 6.61 Å². The van der Waals surface area contributed by atoms with Crippen LogP contribution in [0.5, 0.6) is 5.75 Å². The SMILES string of the molecule is N#Cc1c(Cl)nsc1Sc1nnc(-c2ccc(OC(F)F)cc2)o1. The summed E-state index contributed by atoms with van der Waals surface area (Å²) in [6, 6.07) is 7.73. The van der Waals surface area contributed by atoms with Gasteiger partial charge in [-0.05, 0) is 47.6 Å². The summed E-state index contributed by atoms with van der Waals surface area (Å²) in [5.41, 5.74) is 0.790. The molecular formula is C13H5ClF2N4O2S2. The lowest BCUT2D eigenvalue weighted by Crippen LogP contribution is -2.01. The number of alkyl halides is 2. The van der Waals surface area contributed by atoms with Gasteiger partial charge in [-0.15, -0.1) is 10.2 Å². The first-order valence-electron chi connectivity index (χ1n) is 6.18. The van der Waals surface area contributed by atoms with E-state index in [9.17, 15) is 8.78 Å². The van der Waals surface area contributed by atoms with E-state index in [4.69, 9.17) is 21.3 Å². The molecule has 24 heavy (non-hydrogen) atoms. The van der Waals surface area contributed by atoms with E-state index in [0.29, 0.717) is 9.77 Å². The van der Waals surface area contributed by atoms with Crippen molar-refractivity contribution in [3.8, 4) is 23.3 Å². The first kappa shape index (κ1) is 16.6. The van der Waals surface area contributed by atoms with Gasteiger partial charge in [-0.25, -0.2) is 0 Å². The molecule has 6 nitrogen and oxygen atoms in total. The summed E-state index contributed by atoms with van der Waals surface area (Å²) in [7, 11) is 0. The molecule has 0 aliphatic heterocycles. The van der Waals surface area contributed by atoms with Gasteiger partial charge < -0.3 is 9.15 Å². The normalized spacial score (nSPS) is 10.8.